The van der Waals surface area contributed by atoms with Crippen molar-refractivity contribution in [1.82, 2.24) is 9.88 Å². The van der Waals surface area contributed by atoms with E-state index >= 15 is 0 Å². The van der Waals surface area contributed by atoms with Crippen molar-refractivity contribution in [2.45, 2.75) is 50.2 Å². The molecule has 122 valence electrons. The number of carbonyl (C=O) groups excluding carboxylic acids is 1. The monoisotopic (exact) mass is 342 g/mol. The summed E-state index contributed by atoms with van der Waals surface area (Å²) < 4.78 is 5.45. The first kappa shape index (κ1) is 17.4. The molecule has 0 spiro atoms. The summed E-state index contributed by atoms with van der Waals surface area (Å²) in [7, 11) is 0. The largest absolute Gasteiger partial charge is 0.444 e. The minimum Gasteiger partial charge on any atom is -0.444 e. The van der Waals surface area contributed by atoms with Crippen molar-refractivity contribution >= 4 is 29.5 Å². The van der Waals surface area contributed by atoms with Gasteiger partial charge in [-0.3, -0.25) is 0 Å². The molecule has 2 heterocycles. The molecule has 0 aliphatic carbocycles. The van der Waals surface area contributed by atoms with E-state index in [4.69, 9.17) is 16.3 Å². The molecule has 0 radical (unpaired) electrons. The molecule has 22 heavy (non-hydrogen) atoms. The van der Waals surface area contributed by atoms with E-state index in [1.54, 1.807) is 0 Å². The molecule has 1 aromatic heterocycles. The summed E-state index contributed by atoms with van der Waals surface area (Å²) in [5, 5.41) is 0.958. The SMILES string of the molecule is CC(C)(C)OC(=O)N1CCC[C@@H](SCc2ccc(Cl)nc2)C1. The molecule has 4 nitrogen and oxygen atoms in total. The zero-order valence-electron chi connectivity index (χ0n) is 13.3. The van der Waals surface area contributed by atoms with E-state index in [0.29, 0.717) is 10.4 Å². The Balaban J connectivity index is 1.82. The normalized spacial score (nSPS) is 19.1. The van der Waals surface area contributed by atoms with Gasteiger partial charge >= 0.3 is 6.09 Å². The second kappa shape index (κ2) is 7.55. The fourth-order valence-electron chi connectivity index (χ4n) is 2.27. The molecule has 0 unspecified atom stereocenters. The van der Waals surface area contributed by atoms with Crippen LogP contribution in [0.15, 0.2) is 18.3 Å². The van der Waals surface area contributed by atoms with Gasteiger partial charge in [-0.15, -0.1) is 0 Å². The lowest BCUT2D eigenvalue weighted by atomic mass is 10.1. The van der Waals surface area contributed by atoms with Gasteiger partial charge in [0.15, 0.2) is 0 Å². The van der Waals surface area contributed by atoms with Crippen LogP contribution in [0.3, 0.4) is 0 Å². The van der Waals surface area contributed by atoms with E-state index in [0.717, 1.165) is 37.2 Å². The number of rotatable bonds is 3. The topological polar surface area (TPSA) is 42.4 Å². The molecule has 1 aliphatic heterocycles. The van der Waals surface area contributed by atoms with Crippen LogP contribution in [0.25, 0.3) is 0 Å². The number of halogens is 1. The Morgan fingerprint density at radius 2 is 2.27 bits per heavy atom. The highest BCUT2D eigenvalue weighted by atomic mass is 35.5. The molecule has 0 bridgehead atoms. The summed E-state index contributed by atoms with van der Waals surface area (Å²) >= 11 is 7.65. The number of nitrogens with zero attached hydrogens (tertiary/aromatic N) is 2. The van der Waals surface area contributed by atoms with Crippen LogP contribution in [0.1, 0.15) is 39.2 Å². The van der Waals surface area contributed by atoms with Crippen LogP contribution in [-0.2, 0) is 10.5 Å². The lowest BCUT2D eigenvalue weighted by Crippen LogP contribution is -2.43. The van der Waals surface area contributed by atoms with Gasteiger partial charge in [-0.25, -0.2) is 9.78 Å². The minimum atomic E-state index is -0.438. The fourth-order valence-corrected chi connectivity index (χ4v) is 3.60. The Bertz CT molecular complexity index is 502. The predicted octanol–water partition coefficient (Wildman–Crippen LogP) is 4.37. The molecule has 1 amide bonds. The zero-order chi connectivity index (χ0) is 16.2. The summed E-state index contributed by atoms with van der Waals surface area (Å²) in [6.45, 7) is 7.23. The predicted molar refractivity (Wildman–Crippen MR) is 91.4 cm³/mol. The van der Waals surface area contributed by atoms with E-state index in [2.05, 4.69) is 4.98 Å². The van der Waals surface area contributed by atoms with Crippen molar-refractivity contribution in [3.63, 3.8) is 0 Å². The van der Waals surface area contributed by atoms with Crippen molar-refractivity contribution in [3.8, 4) is 0 Å². The Hall–Kier alpha value is -0.940. The maximum atomic E-state index is 12.1. The van der Waals surface area contributed by atoms with Crippen molar-refractivity contribution in [2.24, 2.45) is 0 Å². The van der Waals surface area contributed by atoms with E-state index in [9.17, 15) is 4.79 Å². The van der Waals surface area contributed by atoms with Crippen molar-refractivity contribution in [2.75, 3.05) is 13.1 Å². The van der Waals surface area contributed by atoms with Crippen LogP contribution in [0.5, 0.6) is 0 Å². The van der Waals surface area contributed by atoms with E-state index in [1.807, 2.05) is 55.8 Å². The molecule has 1 saturated heterocycles. The average Bonchev–Trinajstić information content (AvgIpc) is 2.45. The van der Waals surface area contributed by atoms with E-state index in [-0.39, 0.29) is 6.09 Å². The van der Waals surface area contributed by atoms with Crippen molar-refractivity contribution < 1.29 is 9.53 Å². The van der Waals surface area contributed by atoms with E-state index in [1.165, 1.54) is 0 Å². The van der Waals surface area contributed by atoms with Gasteiger partial charge in [0.05, 0.1) is 0 Å². The van der Waals surface area contributed by atoms with Crippen LogP contribution < -0.4 is 0 Å². The molecule has 0 aromatic carbocycles. The highest BCUT2D eigenvalue weighted by molar-refractivity contribution is 7.99. The summed E-state index contributed by atoms with van der Waals surface area (Å²) in [5.41, 5.74) is 0.718. The number of carbonyl (C=O) groups is 1. The number of thioether (sulfide) groups is 1. The second-order valence-electron chi connectivity index (χ2n) is 6.49. The standard InChI is InChI=1S/C16H23ClN2O2S/c1-16(2,3)21-15(20)19-8-4-5-13(10-19)22-11-12-6-7-14(17)18-9-12/h6-7,9,13H,4-5,8,10-11H2,1-3H3/t13-/m1/s1. The average molecular weight is 343 g/mol. The van der Waals surface area contributed by atoms with Gasteiger partial charge < -0.3 is 9.64 Å². The summed E-state index contributed by atoms with van der Waals surface area (Å²) in [5.74, 6) is 0.886. The number of piperidine rings is 1. The van der Waals surface area contributed by atoms with Crippen LogP contribution in [0.2, 0.25) is 5.15 Å². The third kappa shape index (κ3) is 5.69. The molecule has 0 saturated carbocycles. The van der Waals surface area contributed by atoms with Gasteiger partial charge in [-0.05, 0) is 45.2 Å². The molecule has 1 aliphatic rings. The van der Waals surface area contributed by atoms with Crippen LogP contribution in [0, 0.1) is 0 Å². The molecular formula is C16H23ClN2O2S. The zero-order valence-corrected chi connectivity index (χ0v) is 14.9. The van der Waals surface area contributed by atoms with Gasteiger partial charge in [-0.2, -0.15) is 11.8 Å². The van der Waals surface area contributed by atoms with Crippen molar-refractivity contribution in [1.29, 1.82) is 0 Å². The number of amides is 1. The molecule has 1 fully saturated rings. The van der Waals surface area contributed by atoms with Crippen LogP contribution in [0.4, 0.5) is 4.79 Å². The Morgan fingerprint density at radius 3 is 2.91 bits per heavy atom. The highest BCUT2D eigenvalue weighted by Crippen LogP contribution is 2.26. The van der Waals surface area contributed by atoms with Gasteiger partial charge in [0.2, 0.25) is 0 Å². The number of aromatic nitrogens is 1. The Morgan fingerprint density at radius 1 is 1.50 bits per heavy atom. The first-order valence-electron chi connectivity index (χ1n) is 7.53. The Labute approximate surface area is 141 Å². The van der Waals surface area contributed by atoms with Crippen LogP contribution >= 0.6 is 23.4 Å². The molecule has 6 heteroatoms. The summed E-state index contributed by atoms with van der Waals surface area (Å²) in [6.07, 6.45) is 3.76. The summed E-state index contributed by atoms with van der Waals surface area (Å²) in [4.78, 5) is 18.1. The lowest BCUT2D eigenvalue weighted by Gasteiger charge is -2.33. The number of pyridine rings is 1. The van der Waals surface area contributed by atoms with Crippen LogP contribution in [-0.4, -0.2) is 39.9 Å². The number of hydrogen-bond acceptors (Lipinski definition) is 4. The first-order valence-corrected chi connectivity index (χ1v) is 8.96. The molecular weight excluding hydrogens is 320 g/mol. The number of ether oxygens (including phenoxy) is 1. The van der Waals surface area contributed by atoms with Crippen molar-refractivity contribution in [3.05, 3.63) is 29.0 Å². The third-order valence-corrected chi connectivity index (χ3v) is 4.88. The first-order chi connectivity index (χ1) is 10.3. The number of hydrogen-bond donors (Lipinski definition) is 0. The highest BCUT2D eigenvalue weighted by Gasteiger charge is 2.27. The maximum Gasteiger partial charge on any atom is 0.410 e. The fraction of sp³-hybridized carbons (Fsp3) is 0.625. The third-order valence-electron chi connectivity index (χ3n) is 3.30. The second-order valence-corrected chi connectivity index (χ2v) is 8.17. The molecule has 1 aromatic rings. The smallest absolute Gasteiger partial charge is 0.410 e. The van der Waals surface area contributed by atoms with Gasteiger partial charge in [0.1, 0.15) is 10.8 Å². The van der Waals surface area contributed by atoms with Gasteiger partial charge in [-0.1, -0.05) is 17.7 Å². The quantitative estimate of drug-likeness (QED) is 0.765. The minimum absolute atomic E-state index is 0.203. The number of likely N-dealkylation sites (tertiary alicyclic amines) is 1. The van der Waals surface area contributed by atoms with Gasteiger partial charge in [0.25, 0.3) is 0 Å². The molecule has 2 rings (SSSR count). The molecule has 1 atom stereocenters. The summed E-state index contributed by atoms with van der Waals surface area (Å²) in [6, 6.07) is 3.81. The maximum absolute atomic E-state index is 12.1. The Kier molecular flexibility index (Phi) is 5.98. The van der Waals surface area contributed by atoms with Gasteiger partial charge in [0, 0.05) is 30.3 Å². The lowest BCUT2D eigenvalue weighted by molar-refractivity contribution is 0.0220. The molecule has 0 N–H and O–H groups in total. The van der Waals surface area contributed by atoms with E-state index < -0.39 is 5.60 Å².